The second-order valence-electron chi connectivity index (χ2n) is 10.6. The van der Waals surface area contributed by atoms with Crippen molar-refractivity contribution in [2.45, 2.75) is 64.1 Å². The van der Waals surface area contributed by atoms with Crippen molar-refractivity contribution in [2.75, 3.05) is 19.6 Å². The van der Waals surface area contributed by atoms with Gasteiger partial charge in [0, 0.05) is 42.9 Å². The van der Waals surface area contributed by atoms with Crippen LogP contribution in [0.1, 0.15) is 71.4 Å². The van der Waals surface area contributed by atoms with Gasteiger partial charge in [0.25, 0.3) is 27.7 Å². The SMILES string of the molecule is CCCN(CCC)C(=O)c1cc(C(=O)N[C@@H](Cc2ccccc2)[C@H](O)CNC2CC2)cc(C2=CC(=O)NS2(=O)=O)c1. The number of benzene rings is 2. The molecule has 0 radical (unpaired) electrons. The lowest BCUT2D eigenvalue weighted by Gasteiger charge is -2.25. The van der Waals surface area contributed by atoms with Crippen molar-refractivity contribution < 1.29 is 27.9 Å². The van der Waals surface area contributed by atoms with E-state index in [2.05, 4.69) is 10.6 Å². The zero-order valence-corrected chi connectivity index (χ0v) is 24.2. The maximum absolute atomic E-state index is 13.7. The Morgan fingerprint density at radius 3 is 2.29 bits per heavy atom. The Kier molecular flexibility index (Phi) is 9.95. The molecule has 1 aliphatic heterocycles. The standard InChI is InChI=1S/C30H38N4O6S/c1-3-12-34(13-4-2)30(38)23-16-21(27-18-28(36)33-41(27,39)40)15-22(17-23)29(37)32-25(14-20-8-6-5-7-9-20)26(35)19-31-24-10-11-24/h5-9,15-18,24-26,31,35H,3-4,10-14,19H2,1-2H3,(H,32,37)(H,33,36)/t25-,26+/m0/s1. The average Bonchev–Trinajstić information content (AvgIpc) is 3.73. The van der Waals surface area contributed by atoms with Crippen molar-refractivity contribution in [3.8, 4) is 0 Å². The molecule has 1 heterocycles. The first-order chi connectivity index (χ1) is 19.6. The molecule has 1 aliphatic carbocycles. The molecule has 11 heteroatoms. The van der Waals surface area contributed by atoms with Crippen LogP contribution in [-0.2, 0) is 21.2 Å². The molecule has 220 valence electrons. The van der Waals surface area contributed by atoms with Gasteiger partial charge in [-0.2, -0.15) is 0 Å². The van der Waals surface area contributed by atoms with E-state index in [0.29, 0.717) is 32.1 Å². The van der Waals surface area contributed by atoms with Crippen molar-refractivity contribution in [2.24, 2.45) is 0 Å². The summed E-state index contributed by atoms with van der Waals surface area (Å²) in [7, 11) is -4.15. The lowest BCUT2D eigenvalue weighted by atomic mass is 9.99. The Labute approximate surface area is 241 Å². The van der Waals surface area contributed by atoms with E-state index in [1.165, 1.54) is 18.2 Å². The van der Waals surface area contributed by atoms with E-state index in [1.54, 1.807) is 4.90 Å². The Morgan fingerprint density at radius 2 is 1.71 bits per heavy atom. The summed E-state index contributed by atoms with van der Waals surface area (Å²) < 4.78 is 27.2. The highest BCUT2D eigenvalue weighted by molar-refractivity contribution is 7.99. The summed E-state index contributed by atoms with van der Waals surface area (Å²) in [5.41, 5.74) is 1.17. The van der Waals surface area contributed by atoms with Crippen molar-refractivity contribution in [3.63, 3.8) is 0 Å². The fourth-order valence-corrected chi connectivity index (χ4v) is 5.96. The number of carbonyl (C=O) groups is 3. The Bertz CT molecular complexity index is 1400. The molecular formula is C30H38N4O6S. The van der Waals surface area contributed by atoms with Gasteiger partial charge in [-0.15, -0.1) is 0 Å². The molecule has 10 nitrogen and oxygen atoms in total. The fraction of sp³-hybridized carbons (Fsp3) is 0.433. The lowest BCUT2D eigenvalue weighted by Crippen LogP contribution is -2.49. The topological polar surface area (TPSA) is 145 Å². The van der Waals surface area contributed by atoms with Gasteiger partial charge >= 0.3 is 0 Å². The highest BCUT2D eigenvalue weighted by Crippen LogP contribution is 2.27. The predicted octanol–water partition coefficient (Wildman–Crippen LogP) is 2.20. The first kappa shape index (κ1) is 30.4. The molecule has 0 bridgehead atoms. The molecule has 2 atom stereocenters. The number of aliphatic hydroxyl groups is 1. The number of nitrogens with zero attached hydrogens (tertiary/aromatic N) is 1. The van der Waals surface area contributed by atoms with Crippen LogP contribution in [0.2, 0.25) is 0 Å². The Balaban J connectivity index is 1.68. The van der Waals surface area contributed by atoms with E-state index < -0.39 is 34.0 Å². The number of aliphatic hydroxyl groups excluding tert-OH is 1. The van der Waals surface area contributed by atoms with Crippen LogP contribution in [-0.4, -0.2) is 74.0 Å². The second-order valence-corrected chi connectivity index (χ2v) is 12.2. The number of rotatable bonds is 14. The molecule has 4 N–H and O–H groups in total. The largest absolute Gasteiger partial charge is 0.390 e. The number of hydrogen-bond donors (Lipinski definition) is 4. The van der Waals surface area contributed by atoms with Gasteiger partial charge in [-0.1, -0.05) is 44.2 Å². The van der Waals surface area contributed by atoms with Gasteiger partial charge in [-0.3, -0.25) is 14.4 Å². The molecular weight excluding hydrogens is 544 g/mol. The van der Waals surface area contributed by atoms with Gasteiger partial charge in [0.05, 0.1) is 12.1 Å². The van der Waals surface area contributed by atoms with Gasteiger partial charge in [0.1, 0.15) is 4.91 Å². The van der Waals surface area contributed by atoms with Gasteiger partial charge in [-0.05, 0) is 61.4 Å². The molecule has 0 unspecified atom stereocenters. The Hall–Kier alpha value is -3.54. The van der Waals surface area contributed by atoms with E-state index in [4.69, 9.17) is 0 Å². The normalized spacial score (nSPS) is 17.3. The summed E-state index contributed by atoms with van der Waals surface area (Å²) in [6.45, 7) is 5.20. The maximum atomic E-state index is 13.7. The minimum Gasteiger partial charge on any atom is -0.390 e. The van der Waals surface area contributed by atoms with E-state index in [1.807, 2.05) is 48.9 Å². The molecule has 2 aliphatic rings. The van der Waals surface area contributed by atoms with E-state index in [9.17, 15) is 27.9 Å². The van der Waals surface area contributed by atoms with Crippen molar-refractivity contribution in [1.29, 1.82) is 0 Å². The molecule has 4 rings (SSSR count). The minimum atomic E-state index is -4.15. The molecule has 0 aromatic heterocycles. The molecule has 1 fully saturated rings. The van der Waals surface area contributed by atoms with Crippen LogP contribution in [0.5, 0.6) is 0 Å². The fourth-order valence-electron chi connectivity index (χ4n) is 4.83. The summed E-state index contributed by atoms with van der Waals surface area (Å²) in [6.07, 6.45) is 3.97. The maximum Gasteiger partial charge on any atom is 0.265 e. The molecule has 41 heavy (non-hydrogen) atoms. The van der Waals surface area contributed by atoms with Crippen LogP contribution in [0.25, 0.3) is 4.91 Å². The first-order valence-corrected chi connectivity index (χ1v) is 15.6. The highest BCUT2D eigenvalue weighted by Gasteiger charge is 2.31. The van der Waals surface area contributed by atoms with Gasteiger partial charge in [0.15, 0.2) is 0 Å². The molecule has 3 amide bonds. The third kappa shape index (κ3) is 8.02. The monoisotopic (exact) mass is 582 g/mol. The summed E-state index contributed by atoms with van der Waals surface area (Å²) in [5, 5.41) is 17.2. The van der Waals surface area contributed by atoms with E-state index in [0.717, 1.165) is 37.3 Å². The molecule has 1 saturated carbocycles. The van der Waals surface area contributed by atoms with Crippen LogP contribution in [0.15, 0.2) is 54.6 Å². The van der Waals surface area contributed by atoms with Crippen molar-refractivity contribution in [1.82, 2.24) is 20.3 Å². The predicted molar refractivity (Wildman–Crippen MR) is 156 cm³/mol. The summed E-state index contributed by atoms with van der Waals surface area (Å²) >= 11 is 0. The molecule has 2 aromatic rings. The van der Waals surface area contributed by atoms with Gasteiger partial charge in [0.2, 0.25) is 0 Å². The van der Waals surface area contributed by atoms with Gasteiger partial charge in [-0.25, -0.2) is 13.1 Å². The summed E-state index contributed by atoms with van der Waals surface area (Å²) in [6, 6.07) is 13.4. The zero-order valence-electron chi connectivity index (χ0n) is 23.4. The smallest absolute Gasteiger partial charge is 0.265 e. The third-order valence-corrected chi connectivity index (χ3v) is 8.46. The molecule has 0 saturated heterocycles. The number of hydrogen-bond acceptors (Lipinski definition) is 7. The van der Waals surface area contributed by atoms with Crippen LogP contribution >= 0.6 is 0 Å². The van der Waals surface area contributed by atoms with Crippen LogP contribution in [0.4, 0.5) is 0 Å². The second kappa shape index (κ2) is 13.4. The van der Waals surface area contributed by atoms with E-state index in [-0.39, 0.29) is 27.5 Å². The zero-order chi connectivity index (χ0) is 29.6. The van der Waals surface area contributed by atoms with E-state index >= 15 is 0 Å². The number of sulfonamides is 1. The lowest BCUT2D eigenvalue weighted by molar-refractivity contribution is -0.114. The minimum absolute atomic E-state index is 0.0506. The van der Waals surface area contributed by atoms with Crippen LogP contribution < -0.4 is 15.4 Å². The number of carbonyl (C=O) groups excluding carboxylic acids is 3. The summed E-state index contributed by atoms with van der Waals surface area (Å²) in [5.74, 6) is -1.70. The summed E-state index contributed by atoms with van der Waals surface area (Å²) in [4.78, 5) is 40.4. The Morgan fingerprint density at radius 1 is 1.05 bits per heavy atom. The van der Waals surface area contributed by atoms with Crippen LogP contribution in [0, 0.1) is 0 Å². The van der Waals surface area contributed by atoms with Gasteiger partial charge < -0.3 is 20.6 Å². The number of nitrogens with one attached hydrogen (secondary N) is 3. The average molecular weight is 583 g/mol. The first-order valence-electron chi connectivity index (χ1n) is 14.1. The van der Waals surface area contributed by atoms with Crippen molar-refractivity contribution >= 4 is 32.6 Å². The third-order valence-electron chi connectivity index (χ3n) is 7.06. The highest BCUT2D eigenvalue weighted by atomic mass is 32.2. The molecule has 2 aromatic carbocycles. The molecule has 0 spiro atoms. The number of amides is 3. The quantitative estimate of drug-likeness (QED) is 0.267. The van der Waals surface area contributed by atoms with Crippen LogP contribution in [0.3, 0.4) is 0 Å². The van der Waals surface area contributed by atoms with Crippen molar-refractivity contribution in [3.05, 3.63) is 76.9 Å².